The highest BCUT2D eigenvalue weighted by Gasteiger charge is 2.15. The number of carbonyl (C=O) groups excluding carboxylic acids is 1. The van der Waals surface area contributed by atoms with Gasteiger partial charge in [0.25, 0.3) is 0 Å². The third-order valence-electron chi connectivity index (χ3n) is 2.37. The van der Waals surface area contributed by atoms with Crippen molar-refractivity contribution >= 4 is 5.97 Å². The molecule has 116 valence electrons. The number of aryl methyl sites for hydroxylation is 1. The summed E-state index contributed by atoms with van der Waals surface area (Å²) in [5.74, 6) is -0.341. The number of nitrogens with zero attached hydrogens (tertiary/aromatic N) is 2. The normalized spacial score (nSPS) is 13.4. The lowest BCUT2D eigenvalue weighted by Crippen LogP contribution is -3.00. The van der Waals surface area contributed by atoms with Crippen LogP contribution in [0, 0.1) is 0 Å². The Labute approximate surface area is 130 Å². The summed E-state index contributed by atoms with van der Waals surface area (Å²) in [7, 11) is 1.89. The molecule has 1 aromatic rings. The number of esters is 1. The molecule has 20 heavy (non-hydrogen) atoms. The smallest absolute Gasteiger partial charge is 0.350 e. The third kappa shape index (κ3) is 7.62. The van der Waals surface area contributed by atoms with Crippen molar-refractivity contribution in [3.63, 3.8) is 0 Å². The van der Waals surface area contributed by atoms with Gasteiger partial charge >= 0.3 is 5.97 Å². The van der Waals surface area contributed by atoms with Crippen molar-refractivity contribution in [3.8, 4) is 0 Å². The molecule has 0 fully saturated rings. The molecule has 0 saturated carbocycles. The number of rotatable bonds is 8. The van der Waals surface area contributed by atoms with Gasteiger partial charge in [0.2, 0.25) is 12.6 Å². The number of hydrogen-bond donors (Lipinski definition) is 0. The molecule has 0 N–H and O–H groups in total. The molecule has 7 heteroatoms. The van der Waals surface area contributed by atoms with Crippen LogP contribution in [0.5, 0.6) is 0 Å². The van der Waals surface area contributed by atoms with Gasteiger partial charge in [-0.25, -0.2) is 13.9 Å². The lowest BCUT2D eigenvalue weighted by molar-refractivity contribution is -0.671. The molecular formula is C13H23BrN2O4. The van der Waals surface area contributed by atoms with Gasteiger partial charge in [-0.15, -0.1) is 0 Å². The molecule has 0 aliphatic carbocycles. The Morgan fingerprint density at radius 1 is 1.35 bits per heavy atom. The van der Waals surface area contributed by atoms with Gasteiger partial charge in [0.05, 0.1) is 7.05 Å². The quantitative estimate of drug-likeness (QED) is 0.309. The topological polar surface area (TPSA) is 53.6 Å². The van der Waals surface area contributed by atoms with Crippen LogP contribution in [0.1, 0.15) is 27.2 Å². The van der Waals surface area contributed by atoms with E-state index in [1.54, 1.807) is 30.9 Å². The van der Waals surface area contributed by atoms with Crippen LogP contribution in [0.25, 0.3) is 0 Å². The maximum atomic E-state index is 11.7. The van der Waals surface area contributed by atoms with Crippen LogP contribution in [0.15, 0.2) is 18.7 Å². The predicted molar refractivity (Wildman–Crippen MR) is 68.0 cm³/mol. The summed E-state index contributed by atoms with van der Waals surface area (Å²) >= 11 is 0. The molecule has 0 spiro atoms. The van der Waals surface area contributed by atoms with Gasteiger partial charge in [-0.1, -0.05) is 6.92 Å². The minimum Gasteiger partial charge on any atom is -1.00 e. The number of aromatic nitrogens is 2. The minimum absolute atomic E-state index is 0. The first-order valence-corrected chi connectivity index (χ1v) is 6.48. The van der Waals surface area contributed by atoms with Crippen molar-refractivity contribution in [1.29, 1.82) is 0 Å². The monoisotopic (exact) mass is 350 g/mol. The Morgan fingerprint density at radius 3 is 2.60 bits per heavy atom. The summed E-state index contributed by atoms with van der Waals surface area (Å²) in [6, 6.07) is 0. The van der Waals surface area contributed by atoms with Crippen LogP contribution in [0.2, 0.25) is 0 Å². The lowest BCUT2D eigenvalue weighted by Gasteiger charge is -2.19. The lowest BCUT2D eigenvalue weighted by atomic mass is 10.5. The van der Waals surface area contributed by atoms with Gasteiger partial charge in [0.1, 0.15) is 12.4 Å². The number of carbonyl (C=O) groups is 1. The van der Waals surface area contributed by atoms with Crippen LogP contribution in [0.4, 0.5) is 0 Å². The van der Waals surface area contributed by atoms with E-state index in [0.717, 1.165) is 6.42 Å². The summed E-state index contributed by atoms with van der Waals surface area (Å²) < 4.78 is 19.5. The van der Waals surface area contributed by atoms with Gasteiger partial charge in [-0.3, -0.25) is 0 Å². The molecule has 0 aliphatic heterocycles. The van der Waals surface area contributed by atoms with Crippen LogP contribution in [0.3, 0.4) is 0 Å². The fraction of sp³-hybridized carbons (Fsp3) is 0.692. The van der Waals surface area contributed by atoms with Crippen LogP contribution in [-0.2, 0) is 32.6 Å². The molecule has 1 aromatic heterocycles. The Kier molecular flexibility index (Phi) is 9.45. The maximum Gasteiger partial charge on any atom is 0.350 e. The van der Waals surface area contributed by atoms with E-state index in [4.69, 9.17) is 14.2 Å². The molecule has 0 aromatic carbocycles. The SMILES string of the molecule is CCCOC(C)OC(C)OC(=O)Cn1cc[n+](C)c1.[Br-]. The molecule has 0 amide bonds. The summed E-state index contributed by atoms with van der Waals surface area (Å²) in [6.07, 6.45) is 5.38. The van der Waals surface area contributed by atoms with E-state index in [1.807, 2.05) is 24.7 Å². The fourth-order valence-corrected chi connectivity index (χ4v) is 1.59. The van der Waals surface area contributed by atoms with Gasteiger partial charge in [-0.05, 0) is 20.3 Å². The van der Waals surface area contributed by atoms with Crippen molar-refractivity contribution in [2.45, 2.75) is 46.3 Å². The number of imidazole rings is 1. The Morgan fingerprint density at radius 2 is 2.05 bits per heavy atom. The Hall–Kier alpha value is -0.920. The molecule has 1 heterocycles. The largest absolute Gasteiger partial charge is 1.00 e. The molecule has 2 unspecified atom stereocenters. The molecular weight excluding hydrogens is 328 g/mol. The van der Waals surface area contributed by atoms with Crippen molar-refractivity contribution in [2.24, 2.45) is 7.05 Å². The number of hydrogen-bond acceptors (Lipinski definition) is 4. The first kappa shape index (κ1) is 19.1. The van der Waals surface area contributed by atoms with E-state index >= 15 is 0 Å². The zero-order valence-corrected chi connectivity index (χ0v) is 14.0. The second-order valence-electron chi connectivity index (χ2n) is 4.38. The molecule has 0 radical (unpaired) electrons. The van der Waals surface area contributed by atoms with E-state index < -0.39 is 6.29 Å². The highest BCUT2D eigenvalue weighted by Crippen LogP contribution is 2.03. The zero-order chi connectivity index (χ0) is 14.3. The summed E-state index contributed by atoms with van der Waals surface area (Å²) in [5, 5.41) is 0. The highest BCUT2D eigenvalue weighted by atomic mass is 79.9. The summed E-state index contributed by atoms with van der Waals surface area (Å²) in [6.45, 7) is 6.28. The van der Waals surface area contributed by atoms with Crippen molar-refractivity contribution < 1.29 is 40.6 Å². The van der Waals surface area contributed by atoms with E-state index in [2.05, 4.69) is 0 Å². The third-order valence-corrected chi connectivity index (χ3v) is 2.37. The summed E-state index contributed by atoms with van der Waals surface area (Å²) in [5.41, 5.74) is 0. The van der Waals surface area contributed by atoms with E-state index in [-0.39, 0.29) is 35.8 Å². The number of ether oxygens (including phenoxy) is 3. The second kappa shape index (κ2) is 9.90. The minimum atomic E-state index is -0.622. The predicted octanol–water partition coefficient (Wildman–Crippen LogP) is -2.00. The molecule has 1 rings (SSSR count). The fourth-order valence-electron chi connectivity index (χ4n) is 1.59. The molecule has 2 atom stereocenters. The highest BCUT2D eigenvalue weighted by molar-refractivity contribution is 5.69. The van der Waals surface area contributed by atoms with Crippen LogP contribution < -0.4 is 21.5 Å². The standard InChI is InChI=1S/C13H23N2O4.BrH/c1-5-8-17-11(2)18-12(3)19-13(16)9-15-7-6-14(4)10-15;/h6-7,10-12H,5,8-9H2,1-4H3;1H/q+1;/p-1. The molecule has 0 saturated heterocycles. The van der Waals surface area contributed by atoms with Gasteiger partial charge < -0.3 is 31.2 Å². The molecule has 0 aliphatic rings. The second-order valence-corrected chi connectivity index (χ2v) is 4.38. The number of halogens is 1. The van der Waals surface area contributed by atoms with Crippen molar-refractivity contribution in [1.82, 2.24) is 4.57 Å². The van der Waals surface area contributed by atoms with Crippen LogP contribution >= 0.6 is 0 Å². The summed E-state index contributed by atoms with van der Waals surface area (Å²) in [4.78, 5) is 11.7. The van der Waals surface area contributed by atoms with Crippen LogP contribution in [-0.4, -0.2) is 29.7 Å². The molecule has 6 nitrogen and oxygen atoms in total. The zero-order valence-electron chi connectivity index (χ0n) is 12.4. The first-order valence-electron chi connectivity index (χ1n) is 6.48. The van der Waals surface area contributed by atoms with Gasteiger partial charge in [-0.2, -0.15) is 0 Å². The van der Waals surface area contributed by atoms with E-state index in [0.29, 0.717) is 6.61 Å². The average Bonchev–Trinajstić information content (AvgIpc) is 2.71. The average molecular weight is 351 g/mol. The van der Waals surface area contributed by atoms with Gasteiger partial charge in [0, 0.05) is 6.61 Å². The van der Waals surface area contributed by atoms with Gasteiger partial charge in [0.15, 0.2) is 12.8 Å². The Bertz CT molecular complexity index is 397. The van der Waals surface area contributed by atoms with E-state index in [1.165, 1.54) is 0 Å². The van der Waals surface area contributed by atoms with Crippen molar-refractivity contribution in [2.75, 3.05) is 6.61 Å². The first-order chi connectivity index (χ1) is 9.01. The Balaban J connectivity index is 0.00000361. The maximum absolute atomic E-state index is 11.7. The van der Waals surface area contributed by atoms with Crippen molar-refractivity contribution in [3.05, 3.63) is 18.7 Å². The molecule has 0 bridgehead atoms. The van der Waals surface area contributed by atoms with E-state index in [9.17, 15) is 4.79 Å².